The quantitative estimate of drug-likeness (QED) is 0.0803. The minimum atomic E-state index is -4.76. The Bertz CT molecular complexity index is 2530. The van der Waals surface area contributed by atoms with Crippen LogP contribution in [0, 0.1) is 11.8 Å². The lowest BCUT2D eigenvalue weighted by molar-refractivity contribution is -0.177. The summed E-state index contributed by atoms with van der Waals surface area (Å²) in [4.78, 5) is 0. The lowest BCUT2D eigenvalue weighted by Gasteiger charge is -2.29. The summed E-state index contributed by atoms with van der Waals surface area (Å²) in [7, 11) is 0. The molecule has 0 spiro atoms. The molecular formula is C60H60F10O3. The molecule has 2 aliphatic carbocycles. The van der Waals surface area contributed by atoms with Gasteiger partial charge in [-0.05, 0) is 94.9 Å². The molecule has 0 aliphatic heterocycles. The number of ether oxygens (including phenoxy) is 3. The van der Waals surface area contributed by atoms with Crippen molar-refractivity contribution in [2.75, 3.05) is 13.2 Å². The first-order valence-corrected chi connectivity index (χ1v) is 25.1. The Labute approximate surface area is 420 Å². The van der Waals surface area contributed by atoms with Gasteiger partial charge in [0, 0.05) is 46.2 Å². The van der Waals surface area contributed by atoms with E-state index in [1.54, 1.807) is 84.9 Å². The molecule has 73 heavy (non-hydrogen) atoms. The molecule has 0 radical (unpaired) electrons. The van der Waals surface area contributed by atoms with Gasteiger partial charge in [-0.2, -0.15) is 43.9 Å². The summed E-state index contributed by atoms with van der Waals surface area (Å²) in [5.41, 5.74) is -0.117. The first-order valence-electron chi connectivity index (χ1n) is 25.1. The van der Waals surface area contributed by atoms with Gasteiger partial charge in [-0.3, -0.25) is 0 Å². The van der Waals surface area contributed by atoms with Crippen molar-refractivity contribution in [3.63, 3.8) is 0 Å². The second-order valence-electron chi connectivity index (χ2n) is 20.1. The van der Waals surface area contributed by atoms with Crippen molar-refractivity contribution < 1.29 is 58.1 Å². The van der Waals surface area contributed by atoms with Gasteiger partial charge in [-0.1, -0.05) is 161 Å². The van der Waals surface area contributed by atoms with Gasteiger partial charge in [-0.25, -0.2) is 0 Å². The van der Waals surface area contributed by atoms with E-state index in [4.69, 9.17) is 14.2 Å². The van der Waals surface area contributed by atoms with Crippen LogP contribution in [0.15, 0.2) is 133 Å². The smallest absolute Gasteiger partial charge is 0.411 e. The van der Waals surface area contributed by atoms with Crippen molar-refractivity contribution in [2.24, 2.45) is 11.8 Å². The summed E-state index contributed by atoms with van der Waals surface area (Å²) in [6.45, 7) is -0.760. The third kappa shape index (κ3) is 13.6. The molecule has 2 saturated carbocycles. The summed E-state index contributed by atoms with van der Waals surface area (Å²) in [6.07, 6.45) is -2.34. The van der Waals surface area contributed by atoms with Crippen molar-refractivity contribution in [3.8, 4) is 11.5 Å². The predicted octanol–water partition coefficient (Wildman–Crippen LogP) is 17.7. The largest absolute Gasteiger partial charge is 0.457 e. The molecule has 388 valence electrons. The number of benzene rings is 6. The van der Waals surface area contributed by atoms with E-state index in [9.17, 15) is 26.3 Å². The molecule has 3 nitrogen and oxygen atoms in total. The van der Waals surface area contributed by atoms with Crippen LogP contribution in [0.25, 0.3) is 0 Å². The van der Waals surface area contributed by atoms with Crippen LogP contribution in [0.2, 0.25) is 0 Å². The molecule has 0 aromatic heterocycles. The highest BCUT2D eigenvalue weighted by Gasteiger charge is 2.43. The first-order chi connectivity index (χ1) is 34.7. The second-order valence-corrected chi connectivity index (χ2v) is 20.1. The fourth-order valence-electron chi connectivity index (χ4n) is 10.6. The predicted molar refractivity (Wildman–Crippen MR) is 262 cm³/mol. The van der Waals surface area contributed by atoms with Crippen LogP contribution in [0.4, 0.5) is 43.9 Å². The van der Waals surface area contributed by atoms with Crippen LogP contribution in [-0.2, 0) is 47.4 Å². The lowest BCUT2D eigenvalue weighted by atomic mass is 9.79. The summed E-state index contributed by atoms with van der Waals surface area (Å²) < 4.78 is 169. The van der Waals surface area contributed by atoms with Crippen molar-refractivity contribution in [1.82, 2.24) is 0 Å². The van der Waals surface area contributed by atoms with Gasteiger partial charge in [0.05, 0.1) is 13.2 Å². The maximum absolute atomic E-state index is 17.8. The molecule has 0 unspecified atom stereocenters. The zero-order chi connectivity index (χ0) is 52.0. The zero-order valence-corrected chi connectivity index (χ0v) is 40.9. The summed E-state index contributed by atoms with van der Waals surface area (Å²) in [6, 6.07) is 34.0. The molecule has 6 aromatic carbocycles. The van der Waals surface area contributed by atoms with Gasteiger partial charge in [0.2, 0.25) is 0 Å². The van der Waals surface area contributed by atoms with E-state index in [1.165, 1.54) is 48.5 Å². The Morgan fingerprint density at radius 3 is 1.08 bits per heavy atom. The topological polar surface area (TPSA) is 27.7 Å². The second kappa shape index (κ2) is 22.8. The molecule has 0 heterocycles. The van der Waals surface area contributed by atoms with Crippen molar-refractivity contribution in [1.29, 1.82) is 0 Å². The number of hydrogen-bond acceptors (Lipinski definition) is 3. The standard InChI is InChI=1S/C60H60F10O3/c1-39-13-17-43(18-14-39)45-21-27-49(28-22-45)59(67,68)55-47(35-71-37-57(61,62)63)25-31-53(51(55)33-41-9-5-3-6-10-41)73-54-32-26-48(36-72-38-58(64,65)66)56(52(54)34-42-11-7-4-8-12-42)60(69,70)50-29-23-46(24-30-50)44-19-15-40(2)16-20-44/h3-12,21-32,39-40,43-44H,13-20,33-38H2,1-2H3. The van der Waals surface area contributed by atoms with Gasteiger partial charge in [-0.15, -0.1) is 0 Å². The Hall–Kier alpha value is -5.66. The number of halogens is 10. The van der Waals surface area contributed by atoms with Crippen LogP contribution in [0.5, 0.6) is 11.5 Å². The van der Waals surface area contributed by atoms with Crippen molar-refractivity contribution in [2.45, 2.75) is 127 Å². The van der Waals surface area contributed by atoms with Gasteiger partial charge in [0.15, 0.2) is 0 Å². The Morgan fingerprint density at radius 2 is 0.753 bits per heavy atom. The van der Waals surface area contributed by atoms with Crippen LogP contribution >= 0.6 is 0 Å². The summed E-state index contributed by atoms with van der Waals surface area (Å²) in [5, 5.41) is 0. The zero-order valence-electron chi connectivity index (χ0n) is 40.9. The molecular weight excluding hydrogens is 959 g/mol. The van der Waals surface area contributed by atoms with Crippen molar-refractivity contribution >= 4 is 0 Å². The van der Waals surface area contributed by atoms with Gasteiger partial charge in [0.25, 0.3) is 11.8 Å². The number of hydrogen-bond donors (Lipinski definition) is 0. The van der Waals surface area contributed by atoms with E-state index >= 15 is 17.6 Å². The van der Waals surface area contributed by atoms with E-state index in [0.717, 1.165) is 62.5 Å². The lowest BCUT2D eigenvalue weighted by Crippen LogP contribution is -2.24. The Kier molecular flexibility index (Phi) is 16.8. The molecule has 2 fully saturated rings. The molecule has 0 bridgehead atoms. The highest BCUT2D eigenvalue weighted by molar-refractivity contribution is 5.58. The van der Waals surface area contributed by atoms with E-state index in [2.05, 4.69) is 13.8 Å². The van der Waals surface area contributed by atoms with Crippen LogP contribution in [-0.4, -0.2) is 25.6 Å². The average molecular weight is 1020 g/mol. The fourth-order valence-corrected chi connectivity index (χ4v) is 10.6. The molecule has 0 amide bonds. The molecule has 6 aromatic rings. The monoisotopic (exact) mass is 1020 g/mol. The highest BCUT2D eigenvalue weighted by atomic mass is 19.4. The van der Waals surface area contributed by atoms with Gasteiger partial charge < -0.3 is 14.2 Å². The third-order valence-corrected chi connectivity index (χ3v) is 14.6. The minimum Gasteiger partial charge on any atom is -0.457 e. The van der Waals surface area contributed by atoms with Crippen LogP contribution in [0.3, 0.4) is 0 Å². The normalized spacial score (nSPS) is 19.0. The van der Waals surface area contributed by atoms with E-state index in [0.29, 0.717) is 23.0 Å². The van der Waals surface area contributed by atoms with Gasteiger partial charge >= 0.3 is 12.4 Å². The molecule has 13 heteroatoms. The van der Waals surface area contributed by atoms with E-state index < -0.39 is 72.9 Å². The number of alkyl halides is 10. The van der Waals surface area contributed by atoms with E-state index in [-0.39, 0.29) is 58.4 Å². The minimum absolute atomic E-state index is 0.140. The third-order valence-electron chi connectivity index (χ3n) is 14.6. The molecule has 0 saturated heterocycles. The summed E-state index contributed by atoms with van der Waals surface area (Å²) in [5.74, 6) is -6.65. The number of rotatable bonds is 18. The maximum atomic E-state index is 17.8. The average Bonchev–Trinajstić information content (AvgIpc) is 3.35. The van der Waals surface area contributed by atoms with Gasteiger partial charge in [0.1, 0.15) is 24.7 Å². The molecule has 2 aliphatic rings. The van der Waals surface area contributed by atoms with Crippen LogP contribution in [0.1, 0.15) is 144 Å². The SMILES string of the molecule is CC1CCC(c2ccc(C(F)(F)c3c(COCC(F)(F)F)ccc(Oc4ccc(COCC(F)(F)F)c(C(F)(F)c5ccc(C6CCC(C)CC6)cc5)c4Cc4ccccc4)c3Cc3ccccc3)cc2)CC1. The van der Waals surface area contributed by atoms with E-state index in [1.807, 2.05) is 0 Å². The summed E-state index contributed by atoms with van der Waals surface area (Å²) >= 11 is 0. The molecule has 8 rings (SSSR count). The van der Waals surface area contributed by atoms with Crippen LogP contribution < -0.4 is 4.74 Å². The first kappa shape index (κ1) is 53.6. The van der Waals surface area contributed by atoms with Crippen molar-refractivity contribution in [3.05, 3.63) is 200 Å². The molecule has 0 atom stereocenters. The Balaban J connectivity index is 1.29. The highest BCUT2D eigenvalue weighted by Crippen LogP contribution is 2.49. The fraction of sp³-hybridized carbons (Fsp3) is 0.400. The Morgan fingerprint density at radius 1 is 0.411 bits per heavy atom. The molecule has 0 N–H and O–H groups in total. The maximum Gasteiger partial charge on any atom is 0.411 e.